The van der Waals surface area contributed by atoms with Crippen LogP contribution in [0.3, 0.4) is 0 Å². The summed E-state index contributed by atoms with van der Waals surface area (Å²) in [5, 5.41) is 15.0. The number of nitrogens with one attached hydrogen (secondary N) is 2. The highest BCUT2D eigenvalue weighted by molar-refractivity contribution is 6.29. The van der Waals surface area contributed by atoms with E-state index in [0.717, 1.165) is 0 Å². The average molecular weight is 241 g/mol. The molecule has 2 unspecified atom stereocenters. The number of hydrogen-bond acceptors (Lipinski definition) is 3. The largest absolute Gasteiger partial charge is 0.392 e. The van der Waals surface area contributed by atoms with Crippen molar-refractivity contribution in [3.05, 3.63) is 11.6 Å². The zero-order valence-corrected chi connectivity index (χ0v) is 9.20. The third-order valence-electron chi connectivity index (χ3n) is 1.88. The van der Waals surface area contributed by atoms with Crippen molar-refractivity contribution in [2.45, 2.75) is 18.6 Å². The highest BCUT2D eigenvalue weighted by Gasteiger charge is 2.27. The molecule has 4 nitrogen and oxygen atoms in total. The number of halogens is 2. The minimum absolute atomic E-state index is 0. The third kappa shape index (κ3) is 4.28. The van der Waals surface area contributed by atoms with Gasteiger partial charge in [0.25, 0.3) is 0 Å². The normalized spacial score (nSPS) is 25.3. The van der Waals surface area contributed by atoms with Gasteiger partial charge in [-0.1, -0.05) is 18.2 Å². The third-order valence-corrected chi connectivity index (χ3v) is 2.01. The average Bonchev–Trinajstić information content (AvgIpc) is 2.47. The first-order valence-corrected chi connectivity index (χ1v) is 4.50. The van der Waals surface area contributed by atoms with E-state index >= 15 is 0 Å². The molecule has 2 atom stereocenters. The van der Waals surface area contributed by atoms with E-state index in [1.807, 2.05) is 0 Å². The van der Waals surface area contributed by atoms with Gasteiger partial charge in [0.1, 0.15) is 0 Å². The fourth-order valence-corrected chi connectivity index (χ4v) is 1.29. The van der Waals surface area contributed by atoms with Gasteiger partial charge in [0.2, 0.25) is 5.91 Å². The first-order valence-electron chi connectivity index (χ1n) is 4.12. The second-order valence-electron chi connectivity index (χ2n) is 3.09. The molecule has 0 bridgehead atoms. The lowest BCUT2D eigenvalue weighted by Crippen LogP contribution is -2.40. The van der Waals surface area contributed by atoms with Crippen molar-refractivity contribution in [1.82, 2.24) is 10.6 Å². The molecule has 1 amide bonds. The topological polar surface area (TPSA) is 61.4 Å². The molecular formula is C8H14Cl2N2O2. The fourth-order valence-electron chi connectivity index (χ4n) is 1.22. The molecule has 1 aliphatic heterocycles. The van der Waals surface area contributed by atoms with Gasteiger partial charge in [0, 0.05) is 11.6 Å². The molecule has 0 radical (unpaired) electrons. The zero-order valence-electron chi connectivity index (χ0n) is 7.62. The van der Waals surface area contributed by atoms with E-state index in [0.29, 0.717) is 18.0 Å². The monoisotopic (exact) mass is 240 g/mol. The summed E-state index contributed by atoms with van der Waals surface area (Å²) in [5.41, 5.74) is 0. The molecule has 0 aromatic rings. The molecule has 0 aromatic heterocycles. The van der Waals surface area contributed by atoms with Gasteiger partial charge in [0.15, 0.2) is 0 Å². The van der Waals surface area contributed by atoms with Crippen LogP contribution in [0.4, 0.5) is 0 Å². The predicted molar refractivity (Wildman–Crippen MR) is 57.7 cm³/mol. The second kappa shape index (κ2) is 6.24. The molecule has 82 valence electrons. The smallest absolute Gasteiger partial charge is 0.237 e. The van der Waals surface area contributed by atoms with Gasteiger partial charge >= 0.3 is 0 Å². The number of hydrogen-bond donors (Lipinski definition) is 3. The Balaban J connectivity index is 0.00000169. The minimum Gasteiger partial charge on any atom is -0.392 e. The van der Waals surface area contributed by atoms with Crippen LogP contribution >= 0.6 is 24.0 Å². The molecular weight excluding hydrogens is 227 g/mol. The molecule has 1 fully saturated rings. The Morgan fingerprint density at radius 3 is 2.79 bits per heavy atom. The van der Waals surface area contributed by atoms with E-state index in [2.05, 4.69) is 17.2 Å². The van der Waals surface area contributed by atoms with E-state index in [1.165, 1.54) is 0 Å². The predicted octanol–water partition coefficient (Wildman–Crippen LogP) is -0.000300. The van der Waals surface area contributed by atoms with Crippen LogP contribution in [0.2, 0.25) is 0 Å². The number of carbonyl (C=O) groups is 1. The Morgan fingerprint density at radius 1 is 1.71 bits per heavy atom. The molecule has 0 saturated carbocycles. The summed E-state index contributed by atoms with van der Waals surface area (Å²) in [6.45, 7) is 4.19. The molecule has 1 heterocycles. The highest BCUT2D eigenvalue weighted by Crippen LogP contribution is 2.06. The van der Waals surface area contributed by atoms with Crippen molar-refractivity contribution in [2.24, 2.45) is 0 Å². The molecule has 1 rings (SSSR count). The van der Waals surface area contributed by atoms with Crippen LogP contribution in [0.15, 0.2) is 11.6 Å². The van der Waals surface area contributed by atoms with Crippen LogP contribution in [0, 0.1) is 0 Å². The summed E-state index contributed by atoms with van der Waals surface area (Å²) in [6.07, 6.45) is 0.0376. The van der Waals surface area contributed by atoms with Crippen LogP contribution in [-0.2, 0) is 4.79 Å². The maximum Gasteiger partial charge on any atom is 0.237 e. The van der Waals surface area contributed by atoms with Crippen LogP contribution in [0.5, 0.6) is 0 Å². The number of aliphatic hydroxyl groups is 1. The number of amides is 1. The van der Waals surface area contributed by atoms with Gasteiger partial charge in [-0.05, 0) is 6.42 Å². The maximum absolute atomic E-state index is 11.3. The number of rotatable bonds is 3. The van der Waals surface area contributed by atoms with E-state index in [1.54, 1.807) is 0 Å². The Bertz CT molecular complexity index is 223. The van der Waals surface area contributed by atoms with Gasteiger partial charge in [-0.3, -0.25) is 4.79 Å². The molecule has 0 aromatic carbocycles. The Morgan fingerprint density at radius 2 is 2.36 bits per heavy atom. The van der Waals surface area contributed by atoms with Crippen molar-refractivity contribution in [3.8, 4) is 0 Å². The molecule has 1 saturated heterocycles. The summed E-state index contributed by atoms with van der Waals surface area (Å²) >= 11 is 5.48. The fraction of sp³-hybridized carbons (Fsp3) is 0.625. The summed E-state index contributed by atoms with van der Waals surface area (Å²) in [4.78, 5) is 11.3. The molecule has 6 heteroatoms. The second-order valence-corrected chi connectivity index (χ2v) is 3.62. The maximum atomic E-state index is 11.3. The van der Waals surface area contributed by atoms with Crippen LogP contribution in [-0.4, -0.2) is 36.2 Å². The number of carbonyl (C=O) groups excluding carboxylic acids is 1. The van der Waals surface area contributed by atoms with Crippen molar-refractivity contribution in [2.75, 3.05) is 13.1 Å². The van der Waals surface area contributed by atoms with Gasteiger partial charge in [-0.2, -0.15) is 0 Å². The molecule has 14 heavy (non-hydrogen) atoms. The van der Waals surface area contributed by atoms with Crippen molar-refractivity contribution in [3.63, 3.8) is 0 Å². The first kappa shape index (κ1) is 13.7. The van der Waals surface area contributed by atoms with Crippen LogP contribution in [0.1, 0.15) is 6.42 Å². The Labute approximate surface area is 94.1 Å². The lowest BCUT2D eigenvalue weighted by atomic mass is 10.2. The standard InChI is InChI=1S/C8H13ClN2O2.ClH/c1-5(9)3-11-8(13)7-2-6(12)4-10-7;/h6-7,10,12H,1-4H2,(H,11,13);1H. The van der Waals surface area contributed by atoms with Crippen LogP contribution in [0.25, 0.3) is 0 Å². The van der Waals surface area contributed by atoms with Gasteiger partial charge in [0.05, 0.1) is 18.7 Å². The molecule has 1 aliphatic rings. The lowest BCUT2D eigenvalue weighted by Gasteiger charge is -2.09. The van der Waals surface area contributed by atoms with Crippen molar-refractivity contribution in [1.29, 1.82) is 0 Å². The van der Waals surface area contributed by atoms with Gasteiger partial charge in [-0.15, -0.1) is 12.4 Å². The minimum atomic E-state index is -0.421. The first-order chi connectivity index (χ1) is 6.09. The quantitative estimate of drug-likeness (QED) is 0.651. The molecule has 0 spiro atoms. The Kier molecular flexibility index (Phi) is 6.11. The Hall–Kier alpha value is -0.290. The summed E-state index contributed by atoms with van der Waals surface area (Å²) in [5.74, 6) is -0.140. The van der Waals surface area contributed by atoms with Crippen LogP contribution < -0.4 is 10.6 Å². The lowest BCUT2D eigenvalue weighted by molar-refractivity contribution is -0.122. The summed E-state index contributed by atoms with van der Waals surface area (Å²) in [7, 11) is 0. The van der Waals surface area contributed by atoms with Gasteiger partial charge < -0.3 is 15.7 Å². The van der Waals surface area contributed by atoms with Crippen molar-refractivity contribution >= 4 is 29.9 Å². The number of aliphatic hydroxyl groups excluding tert-OH is 1. The van der Waals surface area contributed by atoms with Gasteiger partial charge in [-0.25, -0.2) is 0 Å². The summed E-state index contributed by atoms with van der Waals surface area (Å²) in [6, 6.07) is -0.300. The zero-order chi connectivity index (χ0) is 9.84. The molecule has 3 N–H and O–H groups in total. The van der Waals surface area contributed by atoms with E-state index in [4.69, 9.17) is 16.7 Å². The van der Waals surface area contributed by atoms with Crippen molar-refractivity contribution < 1.29 is 9.90 Å². The molecule has 0 aliphatic carbocycles. The van der Waals surface area contributed by atoms with E-state index in [-0.39, 0.29) is 30.9 Å². The SMILES string of the molecule is C=C(Cl)CNC(=O)C1CC(O)CN1.Cl. The highest BCUT2D eigenvalue weighted by atomic mass is 35.5. The summed E-state index contributed by atoms with van der Waals surface area (Å²) < 4.78 is 0. The van der Waals surface area contributed by atoms with E-state index in [9.17, 15) is 4.79 Å². The number of β-amino-alcohol motifs (C(OH)–C–C–N with tert-alkyl or cyclic N) is 1. The van der Waals surface area contributed by atoms with E-state index < -0.39 is 6.10 Å².